The van der Waals surface area contributed by atoms with Crippen LogP contribution in [0.2, 0.25) is 5.02 Å². The van der Waals surface area contributed by atoms with Crippen LogP contribution in [0.25, 0.3) is 0 Å². The second kappa shape index (κ2) is 7.06. The van der Waals surface area contributed by atoms with Gasteiger partial charge >= 0.3 is 0 Å². The summed E-state index contributed by atoms with van der Waals surface area (Å²) in [5.41, 5.74) is 1.27. The third kappa shape index (κ3) is 4.14. The van der Waals surface area contributed by atoms with Gasteiger partial charge in [0.2, 0.25) is 5.91 Å². The van der Waals surface area contributed by atoms with Crippen molar-refractivity contribution in [3.8, 4) is 0 Å². The van der Waals surface area contributed by atoms with Crippen molar-refractivity contribution in [1.29, 1.82) is 0 Å². The second-order valence-corrected chi connectivity index (χ2v) is 8.39. The van der Waals surface area contributed by atoms with Gasteiger partial charge in [0.25, 0.3) is 10.0 Å². The van der Waals surface area contributed by atoms with Gasteiger partial charge in [-0.1, -0.05) is 29.8 Å². The van der Waals surface area contributed by atoms with E-state index in [1.807, 2.05) is 19.1 Å². The lowest BCUT2D eigenvalue weighted by Gasteiger charge is -2.25. The molecule has 0 aliphatic heterocycles. The minimum atomic E-state index is -3.89. The molecule has 0 aromatic heterocycles. The highest BCUT2D eigenvalue weighted by Crippen LogP contribution is 2.27. The average Bonchev–Trinajstić information content (AvgIpc) is 3.38. The summed E-state index contributed by atoms with van der Waals surface area (Å²) in [6.45, 7) is 1.56. The molecular formula is C18H19ClN2O3S. The fourth-order valence-electron chi connectivity index (χ4n) is 2.51. The quantitative estimate of drug-likeness (QED) is 0.839. The monoisotopic (exact) mass is 378 g/mol. The Morgan fingerprint density at radius 3 is 2.40 bits per heavy atom. The SMILES string of the molecule is Cc1ccccc1N(CC(=O)NC1CC1)S(=O)(=O)c1ccc(Cl)cc1. The molecule has 0 radical (unpaired) electrons. The summed E-state index contributed by atoms with van der Waals surface area (Å²) in [5, 5.41) is 3.29. The normalized spacial score (nSPS) is 14.2. The van der Waals surface area contributed by atoms with E-state index in [-0.39, 0.29) is 23.4 Å². The number of nitrogens with one attached hydrogen (secondary N) is 1. The Morgan fingerprint density at radius 1 is 1.16 bits per heavy atom. The van der Waals surface area contributed by atoms with E-state index in [1.54, 1.807) is 12.1 Å². The third-order valence-electron chi connectivity index (χ3n) is 4.02. The number of anilines is 1. The molecule has 1 N–H and O–H groups in total. The smallest absolute Gasteiger partial charge is 0.264 e. The van der Waals surface area contributed by atoms with Gasteiger partial charge in [0.05, 0.1) is 10.6 Å². The summed E-state index contributed by atoms with van der Waals surface area (Å²) in [4.78, 5) is 12.4. The maximum atomic E-state index is 13.1. The van der Waals surface area contributed by atoms with Crippen molar-refractivity contribution in [3.05, 3.63) is 59.1 Å². The summed E-state index contributed by atoms with van der Waals surface area (Å²) in [6, 6.07) is 13.2. The van der Waals surface area contributed by atoms with Crippen molar-refractivity contribution in [2.45, 2.75) is 30.7 Å². The Hall–Kier alpha value is -2.05. The van der Waals surface area contributed by atoms with Crippen molar-refractivity contribution in [1.82, 2.24) is 5.32 Å². The van der Waals surface area contributed by atoms with Gasteiger partial charge in [-0.15, -0.1) is 0 Å². The summed E-state index contributed by atoms with van der Waals surface area (Å²) < 4.78 is 27.4. The molecule has 0 heterocycles. The van der Waals surface area contributed by atoms with Crippen LogP contribution >= 0.6 is 11.6 Å². The first-order valence-corrected chi connectivity index (χ1v) is 9.83. The zero-order chi connectivity index (χ0) is 18.0. The number of sulfonamides is 1. The number of para-hydroxylation sites is 1. The number of amides is 1. The third-order valence-corrected chi connectivity index (χ3v) is 6.04. The van der Waals surface area contributed by atoms with E-state index in [1.165, 1.54) is 24.3 Å². The molecule has 2 aromatic carbocycles. The first kappa shape index (κ1) is 17.8. The molecule has 0 saturated heterocycles. The number of aryl methyl sites for hydroxylation is 1. The molecular weight excluding hydrogens is 360 g/mol. The lowest BCUT2D eigenvalue weighted by molar-refractivity contribution is -0.119. The fourth-order valence-corrected chi connectivity index (χ4v) is 4.12. The first-order valence-electron chi connectivity index (χ1n) is 8.01. The van der Waals surface area contributed by atoms with E-state index in [0.717, 1.165) is 22.7 Å². The fraction of sp³-hybridized carbons (Fsp3) is 0.278. The van der Waals surface area contributed by atoms with Gasteiger partial charge in [-0.25, -0.2) is 8.42 Å². The van der Waals surface area contributed by atoms with E-state index in [9.17, 15) is 13.2 Å². The van der Waals surface area contributed by atoms with Crippen LogP contribution in [0.4, 0.5) is 5.69 Å². The molecule has 1 aliphatic carbocycles. The maximum Gasteiger partial charge on any atom is 0.264 e. The van der Waals surface area contributed by atoms with Crippen LogP contribution in [-0.2, 0) is 14.8 Å². The summed E-state index contributed by atoms with van der Waals surface area (Å²) in [6.07, 6.45) is 1.89. The molecule has 3 rings (SSSR count). The van der Waals surface area contributed by atoms with Crippen molar-refractivity contribution < 1.29 is 13.2 Å². The lowest BCUT2D eigenvalue weighted by Crippen LogP contribution is -2.41. The highest BCUT2D eigenvalue weighted by molar-refractivity contribution is 7.92. The minimum absolute atomic E-state index is 0.0966. The standard InChI is InChI=1S/C18H19ClN2O3S/c1-13-4-2-3-5-17(13)21(12-18(22)20-15-8-9-15)25(23,24)16-10-6-14(19)7-11-16/h2-7,10-11,15H,8-9,12H2,1H3,(H,20,22). The summed E-state index contributed by atoms with van der Waals surface area (Å²) in [5.74, 6) is -0.303. The Labute approximate surface area is 152 Å². The zero-order valence-corrected chi connectivity index (χ0v) is 15.3. The number of rotatable bonds is 6. The topological polar surface area (TPSA) is 66.5 Å². The summed E-state index contributed by atoms with van der Waals surface area (Å²) in [7, 11) is -3.89. The van der Waals surface area contributed by atoms with Gasteiger partial charge in [0.1, 0.15) is 6.54 Å². The molecule has 25 heavy (non-hydrogen) atoms. The highest BCUT2D eigenvalue weighted by Gasteiger charge is 2.30. The molecule has 0 spiro atoms. The van der Waals surface area contributed by atoms with Gasteiger partial charge in [-0.2, -0.15) is 0 Å². The van der Waals surface area contributed by atoms with E-state index in [0.29, 0.717) is 10.7 Å². The van der Waals surface area contributed by atoms with Gasteiger partial charge in [-0.3, -0.25) is 9.10 Å². The first-order chi connectivity index (χ1) is 11.9. The number of nitrogens with zero attached hydrogens (tertiary/aromatic N) is 1. The zero-order valence-electron chi connectivity index (χ0n) is 13.8. The molecule has 1 fully saturated rings. The number of carbonyl (C=O) groups is 1. The van der Waals surface area contributed by atoms with E-state index < -0.39 is 10.0 Å². The average molecular weight is 379 g/mol. The van der Waals surface area contributed by atoms with Crippen LogP contribution in [0.5, 0.6) is 0 Å². The van der Waals surface area contributed by atoms with Gasteiger partial charge in [0, 0.05) is 11.1 Å². The van der Waals surface area contributed by atoms with E-state index in [2.05, 4.69) is 5.32 Å². The van der Waals surface area contributed by atoms with Crippen LogP contribution in [0.1, 0.15) is 18.4 Å². The molecule has 132 valence electrons. The molecule has 0 bridgehead atoms. The molecule has 0 unspecified atom stereocenters. The van der Waals surface area contributed by atoms with Crippen molar-refractivity contribution in [3.63, 3.8) is 0 Å². The molecule has 7 heteroatoms. The number of benzene rings is 2. The molecule has 0 atom stereocenters. The van der Waals surface area contributed by atoms with Crippen LogP contribution in [0.3, 0.4) is 0 Å². The van der Waals surface area contributed by atoms with Gasteiger partial charge < -0.3 is 5.32 Å². The van der Waals surface area contributed by atoms with Crippen LogP contribution in [-0.4, -0.2) is 26.9 Å². The number of carbonyl (C=O) groups excluding carboxylic acids is 1. The Morgan fingerprint density at radius 2 is 1.80 bits per heavy atom. The molecule has 5 nitrogen and oxygen atoms in total. The van der Waals surface area contributed by atoms with Crippen molar-refractivity contribution in [2.24, 2.45) is 0 Å². The molecule has 1 amide bonds. The Kier molecular flexibility index (Phi) is 5.01. The van der Waals surface area contributed by atoms with Crippen LogP contribution < -0.4 is 9.62 Å². The minimum Gasteiger partial charge on any atom is -0.352 e. The predicted octanol–water partition coefficient (Wildman–Crippen LogP) is 3.12. The molecule has 1 saturated carbocycles. The predicted molar refractivity (Wildman–Crippen MR) is 98.3 cm³/mol. The second-order valence-electron chi connectivity index (χ2n) is 6.09. The van der Waals surface area contributed by atoms with Crippen molar-refractivity contribution >= 4 is 33.2 Å². The molecule has 2 aromatic rings. The lowest BCUT2D eigenvalue weighted by atomic mass is 10.2. The van der Waals surface area contributed by atoms with Crippen LogP contribution in [0, 0.1) is 6.92 Å². The maximum absolute atomic E-state index is 13.1. The van der Waals surface area contributed by atoms with E-state index >= 15 is 0 Å². The number of hydrogen-bond acceptors (Lipinski definition) is 3. The van der Waals surface area contributed by atoms with Gasteiger partial charge in [-0.05, 0) is 55.7 Å². The van der Waals surface area contributed by atoms with Gasteiger partial charge in [0.15, 0.2) is 0 Å². The molecule has 1 aliphatic rings. The van der Waals surface area contributed by atoms with E-state index in [4.69, 9.17) is 11.6 Å². The Balaban J connectivity index is 1.98. The Bertz CT molecular complexity index is 877. The number of halogens is 1. The van der Waals surface area contributed by atoms with Crippen LogP contribution in [0.15, 0.2) is 53.4 Å². The summed E-state index contributed by atoms with van der Waals surface area (Å²) >= 11 is 5.86. The highest BCUT2D eigenvalue weighted by atomic mass is 35.5. The number of hydrogen-bond donors (Lipinski definition) is 1. The largest absolute Gasteiger partial charge is 0.352 e. The van der Waals surface area contributed by atoms with Crippen molar-refractivity contribution in [2.75, 3.05) is 10.8 Å².